The highest BCUT2D eigenvalue weighted by Gasteiger charge is 2.31. The third kappa shape index (κ3) is 2.60. The maximum atomic E-state index is 12.4. The van der Waals surface area contributed by atoms with Crippen LogP contribution in [0.3, 0.4) is 0 Å². The maximum absolute atomic E-state index is 12.4. The molecule has 7 heteroatoms. The predicted molar refractivity (Wildman–Crippen MR) is 71.1 cm³/mol. The molecule has 102 valence electrons. The molecule has 2 rings (SSSR count). The van der Waals surface area contributed by atoms with E-state index in [1.165, 1.54) is 15.6 Å². The lowest BCUT2D eigenvalue weighted by atomic mass is 10.2. The molecule has 0 amide bonds. The van der Waals surface area contributed by atoms with Gasteiger partial charge in [-0.3, -0.25) is 0 Å². The highest BCUT2D eigenvalue weighted by Crippen LogP contribution is 2.25. The molecule has 1 aliphatic rings. The summed E-state index contributed by atoms with van der Waals surface area (Å²) in [6, 6.07) is 1.79. The largest absolute Gasteiger partial charge is 0.392 e. The van der Waals surface area contributed by atoms with Crippen LogP contribution in [0.25, 0.3) is 0 Å². The summed E-state index contributed by atoms with van der Waals surface area (Å²) in [4.78, 5) is 2.15. The van der Waals surface area contributed by atoms with Gasteiger partial charge in [-0.1, -0.05) is 0 Å². The van der Waals surface area contributed by atoms with Crippen molar-refractivity contribution in [2.45, 2.75) is 23.8 Å². The van der Waals surface area contributed by atoms with Crippen molar-refractivity contribution in [1.29, 1.82) is 0 Å². The summed E-state index contributed by atoms with van der Waals surface area (Å²) in [6.07, 6.45) is 0. The SMILES string of the molecule is CC1CN(S(=O)(=O)c2cc(CO)cs2)CCN1C. The van der Waals surface area contributed by atoms with Gasteiger partial charge in [0.05, 0.1) is 6.61 Å². The fourth-order valence-corrected chi connectivity index (χ4v) is 4.80. The van der Waals surface area contributed by atoms with Crippen LogP contribution in [-0.2, 0) is 16.6 Å². The van der Waals surface area contributed by atoms with Crippen molar-refractivity contribution in [3.63, 3.8) is 0 Å². The standard InChI is InChI=1S/C11H18N2O3S2/c1-9-6-13(4-3-12(9)2)18(15,16)11-5-10(7-14)8-17-11/h5,8-9,14H,3-4,6-7H2,1-2H3. The van der Waals surface area contributed by atoms with E-state index in [2.05, 4.69) is 4.90 Å². The lowest BCUT2D eigenvalue weighted by Crippen LogP contribution is -2.51. The molecule has 0 aromatic carbocycles. The molecule has 0 saturated carbocycles. The summed E-state index contributed by atoms with van der Waals surface area (Å²) < 4.78 is 26.7. The van der Waals surface area contributed by atoms with Crippen LogP contribution in [-0.4, -0.2) is 55.5 Å². The van der Waals surface area contributed by atoms with Crippen molar-refractivity contribution < 1.29 is 13.5 Å². The van der Waals surface area contributed by atoms with Crippen molar-refractivity contribution in [2.75, 3.05) is 26.7 Å². The Balaban J connectivity index is 2.21. The Morgan fingerprint density at radius 1 is 1.50 bits per heavy atom. The number of nitrogens with zero attached hydrogens (tertiary/aromatic N) is 2. The molecular weight excluding hydrogens is 272 g/mol. The fourth-order valence-electron chi connectivity index (χ4n) is 1.93. The van der Waals surface area contributed by atoms with Gasteiger partial charge in [0, 0.05) is 25.7 Å². The molecule has 2 heterocycles. The molecule has 1 aromatic heterocycles. The highest BCUT2D eigenvalue weighted by molar-refractivity contribution is 7.91. The number of aliphatic hydroxyl groups excluding tert-OH is 1. The zero-order chi connectivity index (χ0) is 13.3. The fraction of sp³-hybridized carbons (Fsp3) is 0.636. The number of rotatable bonds is 3. The average molecular weight is 290 g/mol. The van der Waals surface area contributed by atoms with E-state index < -0.39 is 10.0 Å². The smallest absolute Gasteiger partial charge is 0.252 e. The van der Waals surface area contributed by atoms with E-state index in [0.717, 1.165) is 6.54 Å². The van der Waals surface area contributed by atoms with Gasteiger partial charge in [0.2, 0.25) is 0 Å². The molecule has 0 aliphatic carbocycles. The highest BCUT2D eigenvalue weighted by atomic mass is 32.2. The number of aliphatic hydroxyl groups is 1. The van der Waals surface area contributed by atoms with Crippen LogP contribution in [0.15, 0.2) is 15.7 Å². The van der Waals surface area contributed by atoms with Gasteiger partial charge in [0.25, 0.3) is 10.0 Å². The second kappa shape index (κ2) is 5.26. The Bertz CT molecular complexity index is 512. The van der Waals surface area contributed by atoms with E-state index >= 15 is 0 Å². The van der Waals surface area contributed by atoms with E-state index in [0.29, 0.717) is 22.9 Å². The average Bonchev–Trinajstić information content (AvgIpc) is 2.81. The Hall–Kier alpha value is -0.470. The van der Waals surface area contributed by atoms with Crippen LogP contribution in [0.4, 0.5) is 0 Å². The van der Waals surface area contributed by atoms with Crippen LogP contribution in [0.5, 0.6) is 0 Å². The summed E-state index contributed by atoms with van der Waals surface area (Å²) >= 11 is 1.17. The second-order valence-corrected chi connectivity index (χ2v) is 7.70. The first-order chi connectivity index (χ1) is 8.45. The third-order valence-corrected chi connectivity index (χ3v) is 6.66. The summed E-state index contributed by atoms with van der Waals surface area (Å²) in [7, 11) is -1.39. The van der Waals surface area contributed by atoms with E-state index in [-0.39, 0.29) is 12.6 Å². The van der Waals surface area contributed by atoms with Gasteiger partial charge in [0.1, 0.15) is 4.21 Å². The second-order valence-electron chi connectivity index (χ2n) is 4.62. The van der Waals surface area contributed by atoms with Crippen LogP contribution in [0.1, 0.15) is 12.5 Å². The minimum absolute atomic E-state index is 0.120. The van der Waals surface area contributed by atoms with Crippen LogP contribution >= 0.6 is 11.3 Å². The minimum atomic E-state index is -3.39. The summed E-state index contributed by atoms with van der Waals surface area (Å²) in [5, 5.41) is 10.7. The van der Waals surface area contributed by atoms with Gasteiger partial charge in [-0.05, 0) is 31.0 Å². The van der Waals surface area contributed by atoms with Gasteiger partial charge >= 0.3 is 0 Å². The van der Waals surface area contributed by atoms with Crippen LogP contribution in [0, 0.1) is 0 Å². The van der Waals surface area contributed by atoms with E-state index in [9.17, 15) is 8.42 Å². The zero-order valence-corrected chi connectivity index (χ0v) is 12.2. The number of piperazine rings is 1. The Kier molecular flexibility index (Phi) is 4.08. The minimum Gasteiger partial charge on any atom is -0.392 e. The number of hydrogen-bond donors (Lipinski definition) is 1. The number of hydrogen-bond acceptors (Lipinski definition) is 5. The molecule has 1 unspecified atom stereocenters. The molecule has 0 bridgehead atoms. The molecule has 0 spiro atoms. The van der Waals surface area contributed by atoms with Gasteiger partial charge in [-0.2, -0.15) is 4.31 Å². The number of sulfonamides is 1. The summed E-state index contributed by atoms with van der Waals surface area (Å²) in [5.41, 5.74) is 0.653. The molecule has 18 heavy (non-hydrogen) atoms. The first kappa shape index (κ1) is 14.0. The van der Waals surface area contributed by atoms with Crippen molar-refractivity contribution >= 4 is 21.4 Å². The van der Waals surface area contributed by atoms with Gasteiger partial charge in [-0.25, -0.2) is 8.42 Å². The van der Waals surface area contributed by atoms with Gasteiger partial charge < -0.3 is 10.0 Å². The van der Waals surface area contributed by atoms with Crippen molar-refractivity contribution in [2.24, 2.45) is 0 Å². The van der Waals surface area contributed by atoms with Crippen molar-refractivity contribution in [3.8, 4) is 0 Å². The lowest BCUT2D eigenvalue weighted by Gasteiger charge is -2.36. The van der Waals surface area contributed by atoms with Crippen molar-refractivity contribution in [3.05, 3.63) is 17.0 Å². The monoisotopic (exact) mass is 290 g/mol. The number of thiophene rings is 1. The maximum Gasteiger partial charge on any atom is 0.252 e. The number of likely N-dealkylation sites (N-methyl/N-ethyl adjacent to an activating group) is 1. The summed E-state index contributed by atoms with van der Waals surface area (Å²) in [5.74, 6) is 0. The van der Waals surface area contributed by atoms with Gasteiger partial charge in [0.15, 0.2) is 0 Å². The Morgan fingerprint density at radius 3 is 2.78 bits per heavy atom. The Labute approximate surface area is 112 Å². The first-order valence-corrected chi connectivity index (χ1v) is 8.16. The molecule has 1 saturated heterocycles. The molecule has 1 atom stereocenters. The van der Waals surface area contributed by atoms with Crippen LogP contribution < -0.4 is 0 Å². The molecule has 1 aromatic rings. The molecule has 1 N–H and O–H groups in total. The molecule has 0 radical (unpaired) electrons. The quantitative estimate of drug-likeness (QED) is 0.884. The summed E-state index contributed by atoms with van der Waals surface area (Å²) in [6.45, 7) is 3.69. The van der Waals surface area contributed by atoms with E-state index in [1.54, 1.807) is 11.4 Å². The van der Waals surface area contributed by atoms with E-state index in [1.807, 2.05) is 14.0 Å². The molecule has 1 aliphatic heterocycles. The molecular formula is C11H18N2O3S2. The normalized spacial score (nSPS) is 23.4. The van der Waals surface area contributed by atoms with E-state index in [4.69, 9.17) is 5.11 Å². The Morgan fingerprint density at radius 2 is 2.22 bits per heavy atom. The third-order valence-electron chi connectivity index (χ3n) is 3.33. The first-order valence-electron chi connectivity index (χ1n) is 5.84. The topological polar surface area (TPSA) is 60.9 Å². The lowest BCUT2D eigenvalue weighted by molar-refractivity contribution is 0.160. The predicted octanol–water partition coefficient (Wildman–Crippen LogP) is 0.565. The van der Waals surface area contributed by atoms with Gasteiger partial charge in [-0.15, -0.1) is 11.3 Å². The van der Waals surface area contributed by atoms with Crippen molar-refractivity contribution in [1.82, 2.24) is 9.21 Å². The molecule has 1 fully saturated rings. The molecule has 5 nitrogen and oxygen atoms in total. The zero-order valence-electron chi connectivity index (χ0n) is 10.5. The van der Waals surface area contributed by atoms with Crippen LogP contribution in [0.2, 0.25) is 0 Å².